The molecule has 1 atom stereocenters. The number of carbonyl (C=O) groups is 3. The molecule has 182 valence electrons. The van der Waals surface area contributed by atoms with Crippen molar-refractivity contribution in [2.75, 3.05) is 11.9 Å². The number of alkyl carbamates (subject to hydrolysis) is 1. The van der Waals surface area contributed by atoms with Crippen molar-refractivity contribution in [2.45, 2.75) is 32.2 Å². The van der Waals surface area contributed by atoms with Gasteiger partial charge in [-0.25, -0.2) is 9.59 Å². The highest BCUT2D eigenvalue weighted by molar-refractivity contribution is 5.99. The van der Waals surface area contributed by atoms with Crippen molar-refractivity contribution in [3.63, 3.8) is 0 Å². The molecule has 9 heteroatoms. The van der Waals surface area contributed by atoms with Crippen LogP contribution in [0, 0.1) is 5.92 Å². The lowest BCUT2D eigenvalue weighted by atomic mass is 9.98. The highest BCUT2D eigenvalue weighted by Gasteiger charge is 2.30. The van der Waals surface area contributed by atoms with Crippen LogP contribution in [-0.4, -0.2) is 45.5 Å². The number of aromatic nitrogens is 2. The Labute approximate surface area is 203 Å². The predicted octanol–water partition coefficient (Wildman–Crippen LogP) is 4.01. The zero-order valence-corrected chi connectivity index (χ0v) is 19.8. The monoisotopic (exact) mass is 476 g/mol. The number of carbonyl (C=O) groups excluding carboxylic acids is 2. The molecule has 1 aromatic heterocycles. The fourth-order valence-electron chi connectivity index (χ4n) is 4.37. The second kappa shape index (κ2) is 10.0. The molecule has 4 rings (SSSR count). The molecule has 35 heavy (non-hydrogen) atoms. The molecule has 0 saturated heterocycles. The van der Waals surface area contributed by atoms with Gasteiger partial charge in [-0.05, 0) is 28.2 Å². The van der Waals surface area contributed by atoms with Crippen LogP contribution >= 0.6 is 0 Å². The number of benzene rings is 2. The van der Waals surface area contributed by atoms with Gasteiger partial charge in [-0.3, -0.25) is 9.48 Å². The van der Waals surface area contributed by atoms with Gasteiger partial charge < -0.3 is 20.5 Å². The Hall–Kier alpha value is -4.14. The van der Waals surface area contributed by atoms with Crippen molar-refractivity contribution in [1.82, 2.24) is 15.1 Å². The smallest absolute Gasteiger partial charge is 0.407 e. The van der Waals surface area contributed by atoms with E-state index in [2.05, 4.69) is 27.9 Å². The number of nitrogens with one attached hydrogen (secondary N) is 2. The zero-order valence-electron chi connectivity index (χ0n) is 19.8. The molecule has 0 spiro atoms. The summed E-state index contributed by atoms with van der Waals surface area (Å²) in [5.74, 6) is -1.66. The number of hydrogen-bond donors (Lipinski definition) is 3. The number of amides is 2. The maximum atomic E-state index is 12.7. The van der Waals surface area contributed by atoms with Gasteiger partial charge in [0.05, 0.1) is 6.20 Å². The number of fused-ring (bicyclic) bond motifs is 3. The lowest BCUT2D eigenvalue weighted by Crippen LogP contribution is -2.41. The number of aryl methyl sites for hydroxylation is 1. The zero-order chi connectivity index (χ0) is 25.1. The van der Waals surface area contributed by atoms with Crippen LogP contribution < -0.4 is 10.6 Å². The van der Waals surface area contributed by atoms with Gasteiger partial charge in [0.15, 0.2) is 0 Å². The molecule has 0 radical (unpaired) electrons. The molecule has 0 saturated carbocycles. The summed E-state index contributed by atoms with van der Waals surface area (Å²) in [7, 11) is 1.54. The molecular weight excluding hydrogens is 448 g/mol. The van der Waals surface area contributed by atoms with Gasteiger partial charge >= 0.3 is 12.1 Å². The van der Waals surface area contributed by atoms with Crippen molar-refractivity contribution in [1.29, 1.82) is 0 Å². The molecule has 3 N–H and O–H groups in total. The highest BCUT2D eigenvalue weighted by Crippen LogP contribution is 2.44. The third kappa shape index (κ3) is 5.03. The van der Waals surface area contributed by atoms with Crippen LogP contribution in [0.2, 0.25) is 0 Å². The van der Waals surface area contributed by atoms with E-state index in [1.54, 1.807) is 0 Å². The van der Waals surface area contributed by atoms with E-state index in [-0.39, 0.29) is 36.2 Å². The van der Waals surface area contributed by atoms with Crippen LogP contribution in [0.1, 0.15) is 47.7 Å². The molecule has 0 bridgehead atoms. The molecule has 9 nitrogen and oxygen atoms in total. The quantitative estimate of drug-likeness (QED) is 0.452. The molecule has 1 aliphatic carbocycles. The van der Waals surface area contributed by atoms with Crippen LogP contribution in [-0.2, 0) is 16.6 Å². The van der Waals surface area contributed by atoms with Crippen LogP contribution in [0.15, 0.2) is 54.7 Å². The Balaban J connectivity index is 1.38. The summed E-state index contributed by atoms with van der Waals surface area (Å²) < 4.78 is 6.89. The van der Waals surface area contributed by atoms with E-state index in [1.165, 1.54) is 17.9 Å². The number of ether oxygens (including phenoxy) is 1. The van der Waals surface area contributed by atoms with Gasteiger partial charge in [0.25, 0.3) is 0 Å². The minimum atomic E-state index is -1.19. The van der Waals surface area contributed by atoms with Crippen LogP contribution in [0.25, 0.3) is 11.1 Å². The highest BCUT2D eigenvalue weighted by atomic mass is 16.5. The molecule has 0 aliphatic heterocycles. The van der Waals surface area contributed by atoms with Gasteiger partial charge in [0.2, 0.25) is 5.91 Å². The maximum absolute atomic E-state index is 12.7. The molecule has 0 unspecified atom stereocenters. The van der Waals surface area contributed by atoms with Gasteiger partial charge in [0, 0.05) is 25.4 Å². The van der Waals surface area contributed by atoms with E-state index >= 15 is 0 Å². The molecule has 2 aromatic carbocycles. The minimum Gasteiger partial charge on any atom is -0.477 e. The van der Waals surface area contributed by atoms with Crippen molar-refractivity contribution >= 4 is 23.8 Å². The lowest BCUT2D eigenvalue weighted by Gasteiger charge is -2.22. The summed E-state index contributed by atoms with van der Waals surface area (Å²) in [6.07, 6.45) is 0.518. The Morgan fingerprint density at radius 2 is 1.66 bits per heavy atom. The van der Waals surface area contributed by atoms with Gasteiger partial charge in [-0.2, -0.15) is 5.10 Å². The molecule has 0 fully saturated rings. The number of nitrogens with zero attached hydrogens (tertiary/aromatic N) is 2. The van der Waals surface area contributed by atoms with Crippen LogP contribution in [0.3, 0.4) is 0 Å². The number of anilines is 1. The minimum absolute atomic E-state index is 0.0495. The molecular formula is C26H28N4O5. The summed E-state index contributed by atoms with van der Waals surface area (Å²) in [5, 5.41) is 18.5. The van der Waals surface area contributed by atoms with Crippen molar-refractivity contribution in [3.05, 3.63) is 71.4 Å². The van der Waals surface area contributed by atoms with E-state index in [0.29, 0.717) is 0 Å². The second-order valence-electron chi connectivity index (χ2n) is 8.91. The van der Waals surface area contributed by atoms with Gasteiger partial charge in [-0.15, -0.1) is 0 Å². The predicted molar refractivity (Wildman–Crippen MR) is 130 cm³/mol. The topological polar surface area (TPSA) is 123 Å². The third-order valence-corrected chi connectivity index (χ3v) is 6.28. The number of carboxylic acid groups (broad SMARTS) is 1. The Bertz CT molecular complexity index is 1220. The summed E-state index contributed by atoms with van der Waals surface area (Å²) in [6.45, 7) is 3.94. The second-order valence-corrected chi connectivity index (χ2v) is 8.91. The summed E-state index contributed by atoms with van der Waals surface area (Å²) in [6, 6.07) is 15.7. The fourth-order valence-corrected chi connectivity index (χ4v) is 4.37. The molecule has 2 amide bonds. The van der Waals surface area contributed by atoms with E-state index in [4.69, 9.17) is 4.74 Å². The first-order valence-corrected chi connectivity index (χ1v) is 11.4. The molecule has 1 heterocycles. The molecule has 1 aliphatic rings. The van der Waals surface area contributed by atoms with Gasteiger partial charge in [0.1, 0.15) is 18.0 Å². The van der Waals surface area contributed by atoms with E-state index in [0.717, 1.165) is 22.3 Å². The van der Waals surface area contributed by atoms with Gasteiger partial charge in [-0.1, -0.05) is 62.4 Å². The number of aromatic carboxylic acids is 1. The van der Waals surface area contributed by atoms with E-state index < -0.39 is 24.0 Å². The summed E-state index contributed by atoms with van der Waals surface area (Å²) in [5.41, 5.74) is 4.42. The molecule has 3 aromatic rings. The first-order valence-electron chi connectivity index (χ1n) is 11.4. The van der Waals surface area contributed by atoms with Crippen molar-refractivity contribution in [2.24, 2.45) is 13.0 Å². The average molecular weight is 477 g/mol. The van der Waals surface area contributed by atoms with Crippen LogP contribution in [0.5, 0.6) is 0 Å². The Morgan fingerprint density at radius 1 is 1.06 bits per heavy atom. The number of rotatable bonds is 8. The number of carboxylic acids is 1. The first-order chi connectivity index (χ1) is 16.8. The van der Waals surface area contributed by atoms with E-state index in [9.17, 15) is 19.5 Å². The first kappa shape index (κ1) is 24.0. The summed E-state index contributed by atoms with van der Waals surface area (Å²) >= 11 is 0. The largest absolute Gasteiger partial charge is 0.477 e. The summed E-state index contributed by atoms with van der Waals surface area (Å²) in [4.78, 5) is 36.7. The Morgan fingerprint density at radius 3 is 2.23 bits per heavy atom. The van der Waals surface area contributed by atoms with E-state index in [1.807, 2.05) is 50.2 Å². The number of hydrogen-bond acceptors (Lipinski definition) is 5. The normalized spacial score (nSPS) is 13.1. The standard InChI is InChI=1S/C26H28N4O5/c1-15(2)22(12-23(31)29-24-20(25(32)33)13-27-30(24)3)28-26(34)35-14-21-18-10-6-4-8-16(18)17-9-5-7-11-19(17)21/h4-11,13,15,21-22H,12,14H2,1-3H3,(H,28,34)(H,29,31)(H,32,33)/t22-/m0/s1. The third-order valence-electron chi connectivity index (χ3n) is 6.28. The SMILES string of the molecule is CC(C)[C@H](CC(=O)Nc1c(C(=O)O)cnn1C)NC(=O)OCC1c2ccccc2-c2ccccc21. The van der Waals surface area contributed by atoms with Crippen molar-refractivity contribution < 1.29 is 24.2 Å². The van der Waals surface area contributed by atoms with Crippen LogP contribution in [0.4, 0.5) is 10.6 Å². The fraction of sp³-hybridized carbons (Fsp3) is 0.308. The lowest BCUT2D eigenvalue weighted by molar-refractivity contribution is -0.116. The van der Waals surface area contributed by atoms with Crippen molar-refractivity contribution in [3.8, 4) is 11.1 Å². The average Bonchev–Trinajstić information content (AvgIpc) is 3.35. The maximum Gasteiger partial charge on any atom is 0.407 e. The Kier molecular flexibility index (Phi) is 6.86.